The van der Waals surface area contributed by atoms with Gasteiger partial charge in [0.1, 0.15) is 23.3 Å². The van der Waals surface area contributed by atoms with Gasteiger partial charge in [-0.25, -0.2) is 0 Å². The molecule has 2 aromatic carbocycles. The van der Waals surface area contributed by atoms with E-state index >= 15 is 0 Å². The quantitative estimate of drug-likeness (QED) is 0.336. The number of nitriles is 1. The van der Waals surface area contributed by atoms with Crippen molar-refractivity contribution in [2.24, 2.45) is 0 Å². The SMILES string of the molecule is CCC(=O)C(C#N)(Oc1cc(Oc2ccc(C(F)(F)F)cc2Cl)c(Cl)cc1Cl)C(=O)N1CCCCC1. The number of ether oxygens (including phenoxy) is 2. The Labute approximate surface area is 220 Å². The lowest BCUT2D eigenvalue weighted by Gasteiger charge is -2.34. The second-order valence-electron chi connectivity index (χ2n) is 7.98. The van der Waals surface area contributed by atoms with Gasteiger partial charge in [0.25, 0.3) is 5.91 Å². The smallest absolute Gasteiger partial charge is 0.416 e. The Bertz CT molecular complexity index is 1210. The van der Waals surface area contributed by atoms with Crippen molar-refractivity contribution in [3.63, 3.8) is 0 Å². The van der Waals surface area contributed by atoms with Gasteiger partial charge < -0.3 is 14.4 Å². The van der Waals surface area contributed by atoms with Crippen molar-refractivity contribution in [3.05, 3.63) is 51.0 Å². The first-order valence-corrected chi connectivity index (χ1v) is 12.0. The van der Waals surface area contributed by atoms with Gasteiger partial charge in [-0.15, -0.1) is 0 Å². The Morgan fingerprint density at radius 2 is 1.58 bits per heavy atom. The predicted octanol–water partition coefficient (Wildman–Crippen LogP) is 7.09. The molecule has 0 saturated carbocycles. The van der Waals surface area contributed by atoms with E-state index in [9.17, 15) is 28.0 Å². The Balaban J connectivity index is 1.99. The highest BCUT2D eigenvalue weighted by molar-refractivity contribution is 6.36. The second-order valence-corrected chi connectivity index (χ2v) is 9.20. The molecule has 0 spiro atoms. The molecule has 6 nitrogen and oxygen atoms in total. The number of hydrogen-bond donors (Lipinski definition) is 0. The van der Waals surface area contributed by atoms with Crippen LogP contribution in [-0.2, 0) is 15.8 Å². The molecule has 1 unspecified atom stereocenters. The number of ketones is 1. The first kappa shape index (κ1) is 27.9. The molecule has 1 aliphatic rings. The van der Waals surface area contributed by atoms with Crippen LogP contribution >= 0.6 is 34.8 Å². The summed E-state index contributed by atoms with van der Waals surface area (Å²) in [7, 11) is 0. The molecule has 1 aliphatic heterocycles. The largest absolute Gasteiger partial charge is 0.455 e. The number of amides is 1. The summed E-state index contributed by atoms with van der Waals surface area (Å²) in [4.78, 5) is 27.6. The van der Waals surface area contributed by atoms with E-state index in [1.54, 1.807) is 6.07 Å². The maximum Gasteiger partial charge on any atom is 0.416 e. The van der Waals surface area contributed by atoms with Crippen molar-refractivity contribution in [2.45, 2.75) is 44.4 Å². The van der Waals surface area contributed by atoms with Crippen molar-refractivity contribution < 1.29 is 32.2 Å². The number of carbonyl (C=O) groups excluding carboxylic acids is 2. The van der Waals surface area contributed by atoms with Crippen molar-refractivity contribution in [1.82, 2.24) is 4.90 Å². The molecule has 12 heteroatoms. The Morgan fingerprint density at radius 3 is 2.14 bits per heavy atom. The highest BCUT2D eigenvalue weighted by atomic mass is 35.5. The van der Waals surface area contributed by atoms with Crippen LogP contribution in [0.25, 0.3) is 0 Å². The number of rotatable bonds is 7. The molecular weight excluding hydrogens is 544 g/mol. The van der Waals surface area contributed by atoms with Crippen LogP contribution in [0, 0.1) is 11.3 Å². The average Bonchev–Trinajstić information content (AvgIpc) is 2.85. The first-order chi connectivity index (χ1) is 16.9. The van der Waals surface area contributed by atoms with Gasteiger partial charge >= 0.3 is 11.8 Å². The van der Waals surface area contributed by atoms with Crippen LogP contribution in [0.15, 0.2) is 30.3 Å². The highest BCUT2D eigenvalue weighted by Crippen LogP contribution is 2.42. The van der Waals surface area contributed by atoms with Crippen molar-refractivity contribution in [2.75, 3.05) is 13.1 Å². The molecule has 2 aromatic rings. The summed E-state index contributed by atoms with van der Waals surface area (Å²) >= 11 is 18.4. The minimum atomic E-state index is -4.60. The fourth-order valence-corrected chi connectivity index (χ4v) is 4.31. The minimum Gasteiger partial charge on any atom is -0.455 e. The van der Waals surface area contributed by atoms with Crippen LogP contribution in [0.2, 0.25) is 15.1 Å². The van der Waals surface area contributed by atoms with E-state index in [-0.39, 0.29) is 38.7 Å². The summed E-state index contributed by atoms with van der Waals surface area (Å²) in [6.07, 6.45) is -2.40. The molecule has 1 saturated heterocycles. The zero-order valence-electron chi connectivity index (χ0n) is 18.9. The van der Waals surface area contributed by atoms with Gasteiger partial charge in [-0.3, -0.25) is 9.59 Å². The normalized spacial score (nSPS) is 15.6. The Morgan fingerprint density at radius 1 is 0.972 bits per heavy atom. The molecule has 0 aliphatic carbocycles. The predicted molar refractivity (Wildman–Crippen MR) is 128 cm³/mol. The zero-order valence-corrected chi connectivity index (χ0v) is 21.2. The van der Waals surface area contributed by atoms with Gasteiger partial charge in [0, 0.05) is 25.6 Å². The number of carbonyl (C=O) groups is 2. The summed E-state index contributed by atoms with van der Waals surface area (Å²) in [6.45, 7) is 2.24. The van der Waals surface area contributed by atoms with Gasteiger partial charge in [0.05, 0.1) is 20.6 Å². The lowest BCUT2D eigenvalue weighted by atomic mass is 9.94. The number of piperidine rings is 1. The number of alkyl halides is 3. The summed E-state index contributed by atoms with van der Waals surface area (Å²) < 4.78 is 50.1. The first-order valence-electron chi connectivity index (χ1n) is 10.9. The zero-order chi connectivity index (χ0) is 26.7. The van der Waals surface area contributed by atoms with Gasteiger partial charge in [-0.2, -0.15) is 18.4 Å². The van der Waals surface area contributed by atoms with Crippen LogP contribution in [0.3, 0.4) is 0 Å². The molecule has 0 aromatic heterocycles. The third kappa shape index (κ3) is 5.83. The van der Waals surface area contributed by atoms with Gasteiger partial charge in [0.2, 0.25) is 5.78 Å². The number of likely N-dealkylation sites (tertiary alicyclic amines) is 1. The second kappa shape index (κ2) is 11.2. The molecule has 1 atom stereocenters. The molecule has 192 valence electrons. The molecule has 36 heavy (non-hydrogen) atoms. The number of Topliss-reactive ketones (excluding diaryl/α,β-unsaturated/α-hetero) is 1. The molecule has 0 N–H and O–H groups in total. The van der Waals surface area contributed by atoms with Gasteiger partial charge in [-0.1, -0.05) is 41.7 Å². The van der Waals surface area contributed by atoms with Crippen LogP contribution in [-0.4, -0.2) is 35.3 Å². The van der Waals surface area contributed by atoms with E-state index in [1.165, 1.54) is 17.9 Å². The maximum absolute atomic E-state index is 13.3. The molecule has 0 radical (unpaired) electrons. The number of hydrogen-bond acceptors (Lipinski definition) is 5. The third-order valence-electron chi connectivity index (χ3n) is 5.54. The molecule has 0 bridgehead atoms. The molecule has 1 amide bonds. The summed E-state index contributed by atoms with van der Waals surface area (Å²) in [6, 6.07) is 6.53. The van der Waals surface area contributed by atoms with E-state index in [2.05, 4.69) is 0 Å². The lowest BCUT2D eigenvalue weighted by Crippen LogP contribution is -2.58. The number of benzene rings is 2. The highest BCUT2D eigenvalue weighted by Gasteiger charge is 2.51. The van der Waals surface area contributed by atoms with E-state index < -0.39 is 29.0 Å². The van der Waals surface area contributed by atoms with E-state index in [0.29, 0.717) is 19.2 Å². The summed E-state index contributed by atoms with van der Waals surface area (Å²) in [5.74, 6) is -2.11. The summed E-state index contributed by atoms with van der Waals surface area (Å²) in [5, 5.41) is 9.44. The topological polar surface area (TPSA) is 79.6 Å². The Kier molecular flexibility index (Phi) is 8.65. The number of halogens is 6. The average molecular weight is 564 g/mol. The van der Waals surface area contributed by atoms with Crippen LogP contribution in [0.5, 0.6) is 17.2 Å². The van der Waals surface area contributed by atoms with Gasteiger partial charge in [0.15, 0.2) is 0 Å². The summed E-state index contributed by atoms with van der Waals surface area (Å²) in [5.41, 5.74) is -3.47. The van der Waals surface area contributed by atoms with Crippen molar-refractivity contribution in [3.8, 4) is 23.3 Å². The van der Waals surface area contributed by atoms with E-state index in [4.69, 9.17) is 44.3 Å². The Hall–Kier alpha value is -2.67. The molecule has 1 heterocycles. The van der Waals surface area contributed by atoms with Crippen LogP contribution in [0.1, 0.15) is 38.2 Å². The van der Waals surface area contributed by atoms with E-state index in [0.717, 1.165) is 37.5 Å². The monoisotopic (exact) mass is 562 g/mol. The molecular formula is C24H20Cl3F3N2O4. The fourth-order valence-electron chi connectivity index (χ4n) is 3.63. The van der Waals surface area contributed by atoms with E-state index in [1.807, 2.05) is 0 Å². The number of nitrogens with zero attached hydrogens (tertiary/aromatic N) is 2. The lowest BCUT2D eigenvalue weighted by molar-refractivity contribution is -0.152. The van der Waals surface area contributed by atoms with Crippen LogP contribution in [0.4, 0.5) is 13.2 Å². The minimum absolute atomic E-state index is 0.0601. The van der Waals surface area contributed by atoms with Crippen molar-refractivity contribution >= 4 is 46.5 Å². The fraction of sp³-hybridized carbons (Fsp3) is 0.375. The van der Waals surface area contributed by atoms with Crippen LogP contribution < -0.4 is 9.47 Å². The molecule has 3 rings (SSSR count). The standard InChI is InChI=1S/C24H20Cl3F3N2O4/c1-2-21(33)23(13-31,22(34)32-8-4-3-5-9-32)36-20-12-19(16(26)11-17(20)27)35-18-7-6-14(10-15(18)25)24(28,29)30/h6-7,10-12H,2-5,8-9H2,1H3. The van der Waals surface area contributed by atoms with Crippen molar-refractivity contribution in [1.29, 1.82) is 5.26 Å². The molecule has 1 fully saturated rings. The third-order valence-corrected chi connectivity index (χ3v) is 6.43. The van der Waals surface area contributed by atoms with Gasteiger partial charge in [-0.05, 0) is 43.5 Å². The maximum atomic E-state index is 13.3.